The Balaban J connectivity index is 0.000000806. The van der Waals surface area contributed by atoms with Gasteiger partial charge >= 0.3 is 0 Å². The van der Waals surface area contributed by atoms with Crippen molar-refractivity contribution in [2.24, 2.45) is 5.92 Å². The van der Waals surface area contributed by atoms with Gasteiger partial charge in [0.1, 0.15) is 11.5 Å². The number of nitrogens with zero attached hydrogens (tertiary/aromatic N) is 5. The van der Waals surface area contributed by atoms with E-state index in [1.54, 1.807) is 18.2 Å². The van der Waals surface area contributed by atoms with Crippen LogP contribution in [0.4, 0.5) is 5.82 Å². The third-order valence-corrected chi connectivity index (χ3v) is 4.77. The predicted molar refractivity (Wildman–Crippen MR) is 111 cm³/mol. The molecule has 3 aromatic rings. The topological polar surface area (TPSA) is 127 Å². The van der Waals surface area contributed by atoms with Gasteiger partial charge in [-0.05, 0) is 18.1 Å². The molecule has 1 aliphatic rings. The molecule has 9 nitrogen and oxygen atoms in total. The number of carbonyl (C=O) groups excluding carboxylic acids is 1. The Bertz CT molecular complexity index is 1020. The molecule has 0 saturated heterocycles. The number of nitrogens with two attached hydrogens (primary N) is 1. The minimum atomic E-state index is -0.250. The van der Waals surface area contributed by atoms with Crippen molar-refractivity contribution in [3.05, 3.63) is 60.0 Å². The molecule has 9 heteroatoms. The predicted octanol–water partition coefficient (Wildman–Crippen LogP) is 2.48. The fraction of sp³-hybridized carbons (Fsp3) is 0.286. The zero-order chi connectivity index (χ0) is 21.7. The molecular formula is C21H24N6O3. The maximum atomic E-state index is 13.1. The smallest absolute Gasteiger partial charge is 0.290 e. The number of aromatic nitrogens is 4. The largest absolute Gasteiger partial charge is 0.483 e. The molecule has 4 rings (SSSR count). The summed E-state index contributed by atoms with van der Waals surface area (Å²) in [4.78, 5) is 32.3. The highest BCUT2D eigenvalue weighted by Gasteiger charge is 2.36. The lowest BCUT2D eigenvalue weighted by atomic mass is 9.99. The van der Waals surface area contributed by atoms with E-state index in [4.69, 9.17) is 20.6 Å². The quantitative estimate of drug-likeness (QED) is 0.637. The minimum absolute atomic E-state index is 0.128. The van der Waals surface area contributed by atoms with Crippen molar-refractivity contribution in [1.29, 1.82) is 0 Å². The summed E-state index contributed by atoms with van der Waals surface area (Å²) in [5, 5.41) is 11.6. The van der Waals surface area contributed by atoms with Crippen LogP contribution in [0.15, 0.2) is 48.5 Å². The molecule has 3 N–H and O–H groups in total. The lowest BCUT2D eigenvalue weighted by molar-refractivity contribution is -0.122. The van der Waals surface area contributed by atoms with Gasteiger partial charge in [-0.3, -0.25) is 9.59 Å². The molecular weight excluding hydrogens is 384 g/mol. The molecule has 1 aliphatic heterocycles. The summed E-state index contributed by atoms with van der Waals surface area (Å²) in [6.07, 6.45) is 0. The highest BCUT2D eigenvalue weighted by atomic mass is 16.3. The van der Waals surface area contributed by atoms with Gasteiger partial charge in [0.15, 0.2) is 11.6 Å². The first-order chi connectivity index (χ1) is 14.5. The van der Waals surface area contributed by atoms with Crippen LogP contribution in [0, 0.1) is 5.92 Å². The van der Waals surface area contributed by atoms with E-state index in [1.165, 1.54) is 0 Å². The third kappa shape index (κ3) is 4.29. The van der Waals surface area contributed by atoms with Gasteiger partial charge in [0.25, 0.3) is 12.4 Å². The molecule has 0 fully saturated rings. The highest BCUT2D eigenvalue weighted by Crippen LogP contribution is 2.33. The second-order valence-electron chi connectivity index (χ2n) is 7.12. The second kappa shape index (κ2) is 9.17. The summed E-state index contributed by atoms with van der Waals surface area (Å²) < 4.78 is 1.92. The fourth-order valence-electron chi connectivity index (χ4n) is 3.53. The number of anilines is 1. The molecule has 156 valence electrons. The van der Waals surface area contributed by atoms with Gasteiger partial charge in [-0.1, -0.05) is 50.2 Å². The molecule has 1 atom stereocenters. The maximum absolute atomic E-state index is 13.1. The monoisotopic (exact) mass is 408 g/mol. The number of hydrogen-bond acceptors (Lipinski definition) is 6. The number of amides is 1. The highest BCUT2D eigenvalue weighted by molar-refractivity contribution is 5.93. The van der Waals surface area contributed by atoms with E-state index in [0.29, 0.717) is 30.4 Å². The van der Waals surface area contributed by atoms with Gasteiger partial charge in [0, 0.05) is 12.1 Å². The molecule has 0 radical (unpaired) electrons. The van der Waals surface area contributed by atoms with Crippen LogP contribution < -0.4 is 5.73 Å². The van der Waals surface area contributed by atoms with Crippen LogP contribution in [0.5, 0.6) is 0 Å². The standard InChI is InChI=1S/C20H22N6O.CH2O2/c1-13(2)17-19-23-18(14-7-4-3-5-8-14)24-26(19)12-11-25(17)20(27)15-9-6-10-16(21)22-15;2-1-3/h3-10,13,17H,11-12H2,1-2H3,(H2,21,22);1H,(H,2,3)/t17-;/m0./s1. The zero-order valence-electron chi connectivity index (χ0n) is 16.8. The first kappa shape index (κ1) is 21.0. The van der Waals surface area contributed by atoms with Crippen LogP contribution in [0.3, 0.4) is 0 Å². The average molecular weight is 408 g/mol. The van der Waals surface area contributed by atoms with Crippen LogP contribution in [-0.4, -0.2) is 48.7 Å². The number of rotatable bonds is 3. The number of fused-ring (bicyclic) bond motifs is 1. The van der Waals surface area contributed by atoms with Gasteiger partial charge in [-0.2, -0.15) is 5.10 Å². The molecule has 2 aromatic heterocycles. The number of nitrogen functional groups attached to an aromatic ring is 1. The number of pyridine rings is 1. The van der Waals surface area contributed by atoms with Crippen molar-refractivity contribution in [2.75, 3.05) is 12.3 Å². The lowest BCUT2D eigenvalue weighted by Gasteiger charge is -2.37. The molecule has 1 amide bonds. The van der Waals surface area contributed by atoms with Crippen LogP contribution in [0.2, 0.25) is 0 Å². The van der Waals surface area contributed by atoms with Gasteiger partial charge in [-0.15, -0.1) is 0 Å². The van der Waals surface area contributed by atoms with Crippen molar-refractivity contribution in [3.8, 4) is 11.4 Å². The van der Waals surface area contributed by atoms with Crippen LogP contribution in [-0.2, 0) is 11.3 Å². The van der Waals surface area contributed by atoms with Crippen LogP contribution >= 0.6 is 0 Å². The molecule has 1 aromatic carbocycles. The maximum Gasteiger partial charge on any atom is 0.290 e. The summed E-state index contributed by atoms with van der Waals surface area (Å²) in [7, 11) is 0. The van der Waals surface area contributed by atoms with E-state index in [9.17, 15) is 4.79 Å². The van der Waals surface area contributed by atoms with E-state index in [0.717, 1.165) is 11.4 Å². The van der Waals surface area contributed by atoms with E-state index >= 15 is 0 Å². The van der Waals surface area contributed by atoms with Crippen LogP contribution in [0.1, 0.15) is 36.2 Å². The number of benzene rings is 1. The summed E-state index contributed by atoms with van der Waals surface area (Å²) in [5.41, 5.74) is 7.08. The van der Waals surface area contributed by atoms with E-state index in [2.05, 4.69) is 23.9 Å². The van der Waals surface area contributed by atoms with Gasteiger partial charge in [0.2, 0.25) is 0 Å². The Labute approximate surface area is 174 Å². The zero-order valence-corrected chi connectivity index (χ0v) is 16.8. The summed E-state index contributed by atoms with van der Waals surface area (Å²) in [6, 6.07) is 14.8. The first-order valence-electron chi connectivity index (χ1n) is 9.57. The van der Waals surface area contributed by atoms with Gasteiger partial charge < -0.3 is 15.7 Å². The molecule has 0 spiro atoms. The van der Waals surface area contributed by atoms with Crippen molar-refractivity contribution >= 4 is 18.2 Å². The van der Waals surface area contributed by atoms with Gasteiger partial charge in [0.05, 0.1) is 12.6 Å². The van der Waals surface area contributed by atoms with E-state index < -0.39 is 0 Å². The first-order valence-corrected chi connectivity index (χ1v) is 9.57. The summed E-state index contributed by atoms with van der Waals surface area (Å²) >= 11 is 0. The molecule has 30 heavy (non-hydrogen) atoms. The molecule has 0 saturated carbocycles. The summed E-state index contributed by atoms with van der Waals surface area (Å²) in [6.45, 7) is 5.09. The van der Waals surface area contributed by atoms with Crippen molar-refractivity contribution in [1.82, 2.24) is 24.6 Å². The lowest BCUT2D eigenvalue weighted by Crippen LogP contribution is -2.45. The molecule has 0 unspecified atom stereocenters. The van der Waals surface area contributed by atoms with Gasteiger partial charge in [-0.25, -0.2) is 14.6 Å². The normalized spacial score (nSPS) is 15.2. The molecule has 3 heterocycles. The van der Waals surface area contributed by atoms with E-state index in [1.807, 2.05) is 39.9 Å². The fourth-order valence-corrected chi connectivity index (χ4v) is 3.53. The Hall–Kier alpha value is -3.75. The van der Waals surface area contributed by atoms with Crippen molar-refractivity contribution < 1.29 is 14.7 Å². The number of hydrogen-bond donors (Lipinski definition) is 2. The van der Waals surface area contributed by atoms with Crippen molar-refractivity contribution in [2.45, 2.75) is 26.4 Å². The second-order valence-corrected chi connectivity index (χ2v) is 7.12. The Kier molecular flexibility index (Phi) is 6.41. The minimum Gasteiger partial charge on any atom is -0.483 e. The number of carbonyl (C=O) groups is 2. The summed E-state index contributed by atoms with van der Waals surface area (Å²) in [5.74, 6) is 1.90. The van der Waals surface area contributed by atoms with Crippen LogP contribution in [0.25, 0.3) is 11.4 Å². The third-order valence-electron chi connectivity index (χ3n) is 4.77. The Morgan fingerprint density at radius 2 is 1.83 bits per heavy atom. The molecule has 0 aliphatic carbocycles. The SMILES string of the molecule is CC(C)[C@H]1c2nc(-c3ccccc3)nn2CCN1C(=O)c1cccc(N)n1.O=CO. The van der Waals surface area contributed by atoms with Crippen molar-refractivity contribution in [3.63, 3.8) is 0 Å². The Morgan fingerprint density at radius 1 is 1.13 bits per heavy atom. The molecule has 0 bridgehead atoms. The Morgan fingerprint density at radius 3 is 2.47 bits per heavy atom. The average Bonchev–Trinajstić information content (AvgIpc) is 3.18. The number of carboxylic acid groups (broad SMARTS) is 1. The van der Waals surface area contributed by atoms with E-state index in [-0.39, 0.29) is 24.3 Å².